The first-order valence-corrected chi connectivity index (χ1v) is 9.11. The highest BCUT2D eigenvalue weighted by Crippen LogP contribution is 2.35. The van der Waals surface area contributed by atoms with Crippen LogP contribution in [0, 0.1) is 5.92 Å². The van der Waals surface area contributed by atoms with Crippen LogP contribution in [0.15, 0.2) is 27.6 Å². The second kappa shape index (κ2) is 7.62. The number of carbonyl (C=O) groups excluding carboxylic acids is 1. The zero-order valence-electron chi connectivity index (χ0n) is 12.8. The molecule has 1 aliphatic rings. The molecule has 0 aliphatic carbocycles. The third-order valence-electron chi connectivity index (χ3n) is 2.98. The molecule has 1 aromatic carbocycles. The van der Waals surface area contributed by atoms with E-state index in [4.69, 9.17) is 17.0 Å². The molecule has 0 N–H and O–H groups in total. The molecule has 22 heavy (non-hydrogen) atoms. The molecule has 0 radical (unpaired) electrons. The number of rotatable bonds is 5. The number of carbonyl (C=O) groups is 1. The van der Waals surface area contributed by atoms with Gasteiger partial charge in [0.15, 0.2) is 0 Å². The number of amides is 1. The van der Waals surface area contributed by atoms with Gasteiger partial charge in [0, 0.05) is 16.6 Å². The van der Waals surface area contributed by atoms with E-state index in [9.17, 15) is 4.79 Å². The van der Waals surface area contributed by atoms with Gasteiger partial charge in [0.25, 0.3) is 5.91 Å². The molecule has 6 heteroatoms. The number of nitrogens with zero attached hydrogens (tertiary/aromatic N) is 1. The Hall–Kier alpha value is -0.850. The summed E-state index contributed by atoms with van der Waals surface area (Å²) in [5, 5.41) is 0. The van der Waals surface area contributed by atoms with Crippen LogP contribution >= 0.6 is 39.9 Å². The van der Waals surface area contributed by atoms with Crippen LogP contribution in [0.3, 0.4) is 0 Å². The van der Waals surface area contributed by atoms with Crippen LogP contribution in [0.25, 0.3) is 6.08 Å². The molecule has 0 spiro atoms. The van der Waals surface area contributed by atoms with Crippen molar-refractivity contribution in [2.75, 3.05) is 13.2 Å². The van der Waals surface area contributed by atoms with Crippen LogP contribution in [0.5, 0.6) is 5.75 Å². The van der Waals surface area contributed by atoms with Gasteiger partial charge in [-0.05, 0) is 37.1 Å². The predicted molar refractivity (Wildman–Crippen MR) is 100 cm³/mol. The summed E-state index contributed by atoms with van der Waals surface area (Å²) in [4.78, 5) is 14.8. The van der Waals surface area contributed by atoms with Crippen LogP contribution in [0.4, 0.5) is 0 Å². The van der Waals surface area contributed by atoms with E-state index in [-0.39, 0.29) is 5.91 Å². The predicted octanol–water partition coefficient (Wildman–Crippen LogP) is 4.71. The maximum atomic E-state index is 12.5. The monoisotopic (exact) mass is 399 g/mol. The number of ether oxygens (including phenoxy) is 1. The molecule has 3 nitrogen and oxygen atoms in total. The van der Waals surface area contributed by atoms with Gasteiger partial charge >= 0.3 is 0 Å². The molecular weight excluding hydrogens is 382 g/mol. The van der Waals surface area contributed by atoms with Gasteiger partial charge in [-0.1, -0.05) is 53.8 Å². The van der Waals surface area contributed by atoms with Gasteiger partial charge in [0.1, 0.15) is 10.1 Å². The molecule has 118 valence electrons. The molecule has 1 saturated heterocycles. The minimum atomic E-state index is -0.0221. The molecule has 1 aromatic rings. The van der Waals surface area contributed by atoms with E-state index in [2.05, 4.69) is 29.8 Å². The summed E-state index contributed by atoms with van der Waals surface area (Å²) in [6, 6.07) is 5.76. The highest BCUT2D eigenvalue weighted by molar-refractivity contribution is 9.10. The van der Waals surface area contributed by atoms with Crippen molar-refractivity contribution >= 4 is 56.2 Å². The Bertz CT molecular complexity index is 629. The first-order chi connectivity index (χ1) is 10.4. The first kappa shape index (κ1) is 17.5. The molecule has 1 fully saturated rings. The largest absolute Gasteiger partial charge is 0.493 e. The number of hydrogen-bond donors (Lipinski definition) is 0. The Morgan fingerprint density at radius 3 is 2.82 bits per heavy atom. The van der Waals surface area contributed by atoms with Gasteiger partial charge in [-0.3, -0.25) is 9.69 Å². The van der Waals surface area contributed by atoms with E-state index in [1.807, 2.05) is 31.2 Å². The lowest BCUT2D eigenvalue weighted by atomic mass is 10.1. The second-order valence-electron chi connectivity index (χ2n) is 5.30. The van der Waals surface area contributed by atoms with E-state index < -0.39 is 0 Å². The molecule has 0 atom stereocenters. The highest BCUT2D eigenvalue weighted by atomic mass is 79.9. The van der Waals surface area contributed by atoms with Crippen molar-refractivity contribution in [1.82, 2.24) is 4.90 Å². The lowest BCUT2D eigenvalue weighted by molar-refractivity contribution is -0.122. The number of thioether (sulfide) groups is 1. The van der Waals surface area contributed by atoms with E-state index in [0.717, 1.165) is 15.8 Å². The van der Waals surface area contributed by atoms with Crippen LogP contribution in [-0.2, 0) is 4.79 Å². The molecular formula is C16H18BrNO2S2. The van der Waals surface area contributed by atoms with Gasteiger partial charge in [0.2, 0.25) is 0 Å². The summed E-state index contributed by atoms with van der Waals surface area (Å²) in [6.45, 7) is 7.32. The molecule has 1 amide bonds. The fraction of sp³-hybridized carbons (Fsp3) is 0.375. The molecule has 1 heterocycles. The number of thiocarbonyl (C=S) groups is 1. The van der Waals surface area contributed by atoms with Crippen molar-refractivity contribution in [3.8, 4) is 5.75 Å². The van der Waals surface area contributed by atoms with E-state index in [0.29, 0.717) is 28.3 Å². The molecule has 0 saturated carbocycles. The second-order valence-corrected chi connectivity index (χ2v) is 7.89. The third-order valence-corrected chi connectivity index (χ3v) is 4.85. The zero-order valence-corrected chi connectivity index (χ0v) is 16.0. The summed E-state index contributed by atoms with van der Waals surface area (Å²) >= 11 is 10.1. The van der Waals surface area contributed by atoms with E-state index in [1.165, 1.54) is 11.8 Å². The van der Waals surface area contributed by atoms with E-state index >= 15 is 0 Å². The summed E-state index contributed by atoms with van der Waals surface area (Å²) in [6.07, 6.45) is 1.86. The quantitative estimate of drug-likeness (QED) is 0.529. The minimum absolute atomic E-state index is 0.0221. The van der Waals surface area contributed by atoms with E-state index in [1.54, 1.807) is 4.90 Å². The van der Waals surface area contributed by atoms with Crippen LogP contribution < -0.4 is 4.74 Å². The normalized spacial score (nSPS) is 17.0. The van der Waals surface area contributed by atoms with Gasteiger partial charge in [-0.15, -0.1) is 0 Å². The fourth-order valence-electron chi connectivity index (χ4n) is 2.08. The van der Waals surface area contributed by atoms with Crippen molar-refractivity contribution in [2.45, 2.75) is 20.8 Å². The number of benzene rings is 1. The molecule has 0 unspecified atom stereocenters. The Balaban J connectivity index is 2.32. The minimum Gasteiger partial charge on any atom is -0.493 e. The Kier molecular flexibility index (Phi) is 6.06. The summed E-state index contributed by atoms with van der Waals surface area (Å²) in [5.74, 6) is 1.12. The average molecular weight is 400 g/mol. The van der Waals surface area contributed by atoms with Crippen molar-refractivity contribution in [1.29, 1.82) is 0 Å². The van der Waals surface area contributed by atoms with Gasteiger partial charge in [-0.25, -0.2) is 0 Å². The smallest absolute Gasteiger partial charge is 0.266 e. The van der Waals surface area contributed by atoms with Gasteiger partial charge < -0.3 is 4.74 Å². The van der Waals surface area contributed by atoms with Crippen LogP contribution in [-0.4, -0.2) is 28.3 Å². The average Bonchev–Trinajstić information content (AvgIpc) is 2.69. The number of hydrogen-bond acceptors (Lipinski definition) is 4. The molecule has 0 bridgehead atoms. The SMILES string of the molecule is CCOc1ccc(Br)cc1/C=C1\SC(=S)N(CC(C)C)C1=O. The lowest BCUT2D eigenvalue weighted by Crippen LogP contribution is -2.31. The van der Waals surface area contributed by atoms with Gasteiger partial charge in [-0.2, -0.15) is 0 Å². The molecule has 2 rings (SSSR count). The third kappa shape index (κ3) is 4.12. The van der Waals surface area contributed by atoms with Crippen LogP contribution in [0.1, 0.15) is 26.3 Å². The summed E-state index contributed by atoms with van der Waals surface area (Å²) in [7, 11) is 0. The van der Waals surface area contributed by atoms with Crippen LogP contribution in [0.2, 0.25) is 0 Å². The van der Waals surface area contributed by atoms with Crippen molar-refractivity contribution in [3.63, 3.8) is 0 Å². The Morgan fingerprint density at radius 1 is 1.45 bits per heavy atom. The molecule has 0 aromatic heterocycles. The van der Waals surface area contributed by atoms with Crippen molar-refractivity contribution in [2.24, 2.45) is 5.92 Å². The molecule has 1 aliphatic heterocycles. The maximum absolute atomic E-state index is 12.5. The first-order valence-electron chi connectivity index (χ1n) is 7.10. The topological polar surface area (TPSA) is 29.5 Å². The Morgan fingerprint density at radius 2 is 2.18 bits per heavy atom. The van der Waals surface area contributed by atoms with Gasteiger partial charge in [0.05, 0.1) is 11.5 Å². The Labute approximate surface area is 149 Å². The highest BCUT2D eigenvalue weighted by Gasteiger charge is 2.32. The van der Waals surface area contributed by atoms with Crippen molar-refractivity contribution < 1.29 is 9.53 Å². The summed E-state index contributed by atoms with van der Waals surface area (Å²) in [5.41, 5.74) is 0.876. The zero-order chi connectivity index (χ0) is 16.3. The maximum Gasteiger partial charge on any atom is 0.266 e. The number of halogens is 1. The lowest BCUT2D eigenvalue weighted by Gasteiger charge is -2.16. The summed E-state index contributed by atoms with van der Waals surface area (Å²) < 4.78 is 7.19. The fourth-order valence-corrected chi connectivity index (χ4v) is 3.73. The standard InChI is InChI=1S/C16H18BrNO2S2/c1-4-20-13-6-5-12(17)7-11(13)8-14-15(19)18(9-10(2)3)16(21)22-14/h5-8,10H,4,9H2,1-3H3/b14-8-. The van der Waals surface area contributed by atoms with Crippen molar-refractivity contribution in [3.05, 3.63) is 33.1 Å².